The lowest BCUT2D eigenvalue weighted by Crippen LogP contribution is -2.44. The van der Waals surface area contributed by atoms with Gasteiger partial charge >= 0.3 is 0 Å². The van der Waals surface area contributed by atoms with E-state index in [2.05, 4.69) is 17.1 Å². The molecule has 1 heterocycles. The molecule has 1 aliphatic heterocycles. The summed E-state index contributed by atoms with van der Waals surface area (Å²) in [6.45, 7) is 4.91. The van der Waals surface area contributed by atoms with Gasteiger partial charge in [0.1, 0.15) is 0 Å². The summed E-state index contributed by atoms with van der Waals surface area (Å²) >= 11 is 0. The highest BCUT2D eigenvalue weighted by atomic mass is 35.5. The maximum Gasteiger partial charge on any atom is 0.227 e. The van der Waals surface area contributed by atoms with Crippen LogP contribution in [0.2, 0.25) is 0 Å². The molecular weight excluding hydrogens is 236 g/mol. The summed E-state index contributed by atoms with van der Waals surface area (Å²) in [7, 11) is 0. The van der Waals surface area contributed by atoms with Gasteiger partial charge in [-0.2, -0.15) is 0 Å². The standard InChI is InChI=1S/C13H24N2O.ClH/c1-2-15(12-6-4-3-5-7-12)13(16)11-8-9-14-10-11;/h11-12,14H,2-10H2,1H3;1H. The molecule has 17 heavy (non-hydrogen) atoms. The topological polar surface area (TPSA) is 32.3 Å². The fraction of sp³-hybridized carbons (Fsp3) is 0.923. The van der Waals surface area contributed by atoms with Crippen molar-refractivity contribution in [3.63, 3.8) is 0 Å². The second-order valence-electron chi connectivity index (χ2n) is 5.11. The smallest absolute Gasteiger partial charge is 0.227 e. The summed E-state index contributed by atoms with van der Waals surface area (Å²) in [6, 6.07) is 0.534. The molecule has 3 nitrogen and oxygen atoms in total. The quantitative estimate of drug-likeness (QED) is 0.844. The summed E-state index contributed by atoms with van der Waals surface area (Å²) in [5.74, 6) is 0.654. The molecular formula is C13H25ClN2O. The lowest BCUT2D eigenvalue weighted by molar-refractivity contribution is -0.137. The minimum absolute atomic E-state index is 0. The van der Waals surface area contributed by atoms with Crippen molar-refractivity contribution >= 4 is 18.3 Å². The van der Waals surface area contributed by atoms with Crippen LogP contribution in [0.4, 0.5) is 0 Å². The summed E-state index contributed by atoms with van der Waals surface area (Å²) in [4.78, 5) is 14.5. The molecule has 0 aromatic heterocycles. The first-order valence-corrected chi connectivity index (χ1v) is 6.84. The third kappa shape index (κ3) is 3.59. The molecule has 0 spiro atoms. The van der Waals surface area contributed by atoms with Gasteiger partial charge in [-0.3, -0.25) is 4.79 Å². The number of halogens is 1. The molecule has 1 aliphatic carbocycles. The van der Waals surface area contributed by atoms with Gasteiger partial charge in [-0.05, 0) is 32.7 Å². The van der Waals surface area contributed by atoms with Crippen molar-refractivity contribution in [1.82, 2.24) is 10.2 Å². The van der Waals surface area contributed by atoms with Crippen LogP contribution in [-0.4, -0.2) is 36.5 Å². The summed E-state index contributed by atoms with van der Waals surface area (Å²) in [5.41, 5.74) is 0. The van der Waals surface area contributed by atoms with E-state index in [1.54, 1.807) is 0 Å². The zero-order valence-corrected chi connectivity index (χ0v) is 11.6. The van der Waals surface area contributed by atoms with Gasteiger partial charge in [0.15, 0.2) is 0 Å². The van der Waals surface area contributed by atoms with Crippen LogP contribution in [0, 0.1) is 5.92 Å². The molecule has 4 heteroatoms. The van der Waals surface area contributed by atoms with Crippen LogP contribution in [0.1, 0.15) is 45.4 Å². The Morgan fingerprint density at radius 2 is 1.94 bits per heavy atom. The second-order valence-corrected chi connectivity index (χ2v) is 5.11. The van der Waals surface area contributed by atoms with Crippen molar-refractivity contribution in [2.75, 3.05) is 19.6 Å². The van der Waals surface area contributed by atoms with E-state index in [1.807, 2.05) is 0 Å². The average molecular weight is 261 g/mol. The second kappa shape index (κ2) is 7.22. The van der Waals surface area contributed by atoms with Gasteiger partial charge in [0, 0.05) is 19.1 Å². The first-order chi connectivity index (χ1) is 7.83. The molecule has 2 rings (SSSR count). The van der Waals surface area contributed by atoms with Crippen LogP contribution in [0.15, 0.2) is 0 Å². The monoisotopic (exact) mass is 260 g/mol. The average Bonchev–Trinajstić information content (AvgIpc) is 2.85. The maximum absolute atomic E-state index is 12.4. The Kier molecular flexibility index (Phi) is 6.28. The Balaban J connectivity index is 0.00000144. The molecule has 1 saturated carbocycles. The summed E-state index contributed by atoms with van der Waals surface area (Å²) in [5, 5.41) is 3.29. The first kappa shape index (κ1) is 14.8. The molecule has 2 aliphatic rings. The van der Waals surface area contributed by atoms with Gasteiger partial charge in [0.25, 0.3) is 0 Å². The van der Waals surface area contributed by atoms with E-state index in [-0.39, 0.29) is 18.3 Å². The minimum atomic E-state index is 0. The van der Waals surface area contributed by atoms with E-state index >= 15 is 0 Å². The van der Waals surface area contributed by atoms with E-state index in [9.17, 15) is 4.79 Å². The molecule has 0 aromatic carbocycles. The van der Waals surface area contributed by atoms with E-state index in [0.717, 1.165) is 26.1 Å². The first-order valence-electron chi connectivity index (χ1n) is 6.84. The van der Waals surface area contributed by atoms with Crippen LogP contribution in [0.3, 0.4) is 0 Å². The number of amides is 1. The molecule has 2 fully saturated rings. The largest absolute Gasteiger partial charge is 0.340 e. The van der Waals surface area contributed by atoms with Crippen molar-refractivity contribution in [3.8, 4) is 0 Å². The van der Waals surface area contributed by atoms with Crippen molar-refractivity contribution in [2.24, 2.45) is 5.92 Å². The van der Waals surface area contributed by atoms with Crippen LogP contribution in [0.5, 0.6) is 0 Å². The molecule has 1 N–H and O–H groups in total. The number of nitrogens with one attached hydrogen (secondary N) is 1. The fourth-order valence-corrected chi connectivity index (χ4v) is 3.09. The van der Waals surface area contributed by atoms with Gasteiger partial charge in [-0.15, -0.1) is 12.4 Å². The van der Waals surface area contributed by atoms with Crippen molar-refractivity contribution < 1.29 is 4.79 Å². The SMILES string of the molecule is CCN(C(=O)C1CCNC1)C1CCCCC1.Cl. The summed E-state index contributed by atoms with van der Waals surface area (Å²) < 4.78 is 0. The number of nitrogens with zero attached hydrogens (tertiary/aromatic N) is 1. The predicted octanol–water partition coefficient (Wildman–Crippen LogP) is 2.20. The molecule has 100 valence electrons. The van der Waals surface area contributed by atoms with Crippen molar-refractivity contribution in [1.29, 1.82) is 0 Å². The Morgan fingerprint density at radius 3 is 2.47 bits per heavy atom. The Bertz CT molecular complexity index is 236. The van der Waals surface area contributed by atoms with Crippen LogP contribution in [-0.2, 0) is 4.79 Å². The zero-order valence-electron chi connectivity index (χ0n) is 10.8. The van der Waals surface area contributed by atoms with E-state index in [1.165, 1.54) is 32.1 Å². The number of hydrogen-bond donors (Lipinski definition) is 1. The van der Waals surface area contributed by atoms with E-state index in [0.29, 0.717) is 11.9 Å². The predicted molar refractivity (Wildman–Crippen MR) is 72.5 cm³/mol. The molecule has 0 aromatic rings. The Labute approximate surface area is 111 Å². The number of rotatable bonds is 3. The zero-order chi connectivity index (χ0) is 11.4. The molecule has 1 saturated heterocycles. The summed E-state index contributed by atoms with van der Waals surface area (Å²) in [6.07, 6.45) is 7.43. The van der Waals surface area contributed by atoms with Gasteiger partial charge in [-0.25, -0.2) is 0 Å². The maximum atomic E-state index is 12.4. The lowest BCUT2D eigenvalue weighted by Gasteiger charge is -2.35. The van der Waals surface area contributed by atoms with Gasteiger partial charge in [0.05, 0.1) is 5.92 Å². The lowest BCUT2D eigenvalue weighted by atomic mass is 9.93. The molecule has 0 bridgehead atoms. The minimum Gasteiger partial charge on any atom is -0.340 e. The third-order valence-corrected chi connectivity index (χ3v) is 4.05. The number of carbonyl (C=O) groups excluding carboxylic acids is 1. The Hall–Kier alpha value is -0.280. The van der Waals surface area contributed by atoms with Gasteiger partial charge < -0.3 is 10.2 Å². The molecule has 1 unspecified atom stereocenters. The van der Waals surface area contributed by atoms with Crippen LogP contribution < -0.4 is 5.32 Å². The highest BCUT2D eigenvalue weighted by molar-refractivity contribution is 5.85. The Morgan fingerprint density at radius 1 is 1.24 bits per heavy atom. The molecule has 1 atom stereocenters. The van der Waals surface area contributed by atoms with Crippen molar-refractivity contribution in [3.05, 3.63) is 0 Å². The van der Waals surface area contributed by atoms with Crippen LogP contribution in [0.25, 0.3) is 0 Å². The highest BCUT2D eigenvalue weighted by Gasteiger charge is 2.30. The molecule has 0 radical (unpaired) electrons. The van der Waals surface area contributed by atoms with Crippen LogP contribution >= 0.6 is 12.4 Å². The number of carbonyl (C=O) groups is 1. The van der Waals surface area contributed by atoms with Gasteiger partial charge in [-0.1, -0.05) is 19.3 Å². The van der Waals surface area contributed by atoms with Crippen molar-refractivity contribution in [2.45, 2.75) is 51.5 Å². The molecule has 1 amide bonds. The third-order valence-electron chi connectivity index (χ3n) is 4.05. The number of hydrogen-bond acceptors (Lipinski definition) is 2. The van der Waals surface area contributed by atoms with E-state index in [4.69, 9.17) is 0 Å². The normalized spacial score (nSPS) is 25.4. The highest BCUT2D eigenvalue weighted by Crippen LogP contribution is 2.24. The van der Waals surface area contributed by atoms with E-state index < -0.39 is 0 Å². The van der Waals surface area contributed by atoms with Gasteiger partial charge in [0.2, 0.25) is 5.91 Å². The fourth-order valence-electron chi connectivity index (χ4n) is 3.09.